The number of carbonyl (C=O) groups excluding carboxylic acids is 1. The van der Waals surface area contributed by atoms with E-state index in [2.05, 4.69) is 26.1 Å². The summed E-state index contributed by atoms with van der Waals surface area (Å²) < 4.78 is 5.26. The molecule has 0 spiro atoms. The molecule has 4 nitrogen and oxygen atoms in total. The van der Waals surface area contributed by atoms with E-state index in [1.165, 1.54) is 5.56 Å². The zero-order valence-corrected chi connectivity index (χ0v) is 13.8. The Balaban J connectivity index is 0.00000220. The molecule has 118 valence electrons. The molecule has 1 aliphatic heterocycles. The Labute approximate surface area is 132 Å². The van der Waals surface area contributed by atoms with Crippen molar-refractivity contribution in [1.82, 2.24) is 0 Å². The topological polar surface area (TPSA) is 64.4 Å². The summed E-state index contributed by atoms with van der Waals surface area (Å²) in [4.78, 5) is 12.3. The summed E-state index contributed by atoms with van der Waals surface area (Å²) in [7, 11) is 0. The molecular formula is C16H25ClN2O2. The van der Waals surface area contributed by atoms with Gasteiger partial charge < -0.3 is 15.8 Å². The normalized spacial score (nSPS) is 17.7. The number of halogens is 1. The third-order valence-electron chi connectivity index (χ3n) is 3.85. The van der Waals surface area contributed by atoms with Crippen LogP contribution in [0, 0.1) is 0 Å². The van der Waals surface area contributed by atoms with Crippen molar-refractivity contribution in [3.63, 3.8) is 0 Å². The maximum atomic E-state index is 12.3. The van der Waals surface area contributed by atoms with Gasteiger partial charge in [-0.2, -0.15) is 0 Å². The highest BCUT2D eigenvalue weighted by molar-refractivity contribution is 5.98. The molecule has 0 unspecified atom stereocenters. The Morgan fingerprint density at radius 3 is 2.19 bits per heavy atom. The summed E-state index contributed by atoms with van der Waals surface area (Å²) in [5.41, 5.74) is 7.49. The van der Waals surface area contributed by atoms with Crippen molar-refractivity contribution >= 4 is 24.0 Å². The monoisotopic (exact) mass is 312 g/mol. The lowest BCUT2D eigenvalue weighted by atomic mass is 9.87. The molecule has 1 aromatic rings. The van der Waals surface area contributed by atoms with Gasteiger partial charge in [-0.05, 0) is 36.0 Å². The molecule has 0 aliphatic carbocycles. The quantitative estimate of drug-likeness (QED) is 0.882. The zero-order valence-electron chi connectivity index (χ0n) is 12.9. The number of anilines is 1. The maximum absolute atomic E-state index is 12.3. The second-order valence-electron chi connectivity index (χ2n) is 6.55. The lowest BCUT2D eigenvalue weighted by Gasteiger charge is -2.31. The van der Waals surface area contributed by atoms with Crippen molar-refractivity contribution in [2.75, 3.05) is 18.5 Å². The fourth-order valence-electron chi connectivity index (χ4n) is 2.27. The van der Waals surface area contributed by atoms with E-state index < -0.39 is 5.54 Å². The van der Waals surface area contributed by atoms with Gasteiger partial charge in [0, 0.05) is 18.9 Å². The van der Waals surface area contributed by atoms with Gasteiger partial charge in [-0.15, -0.1) is 12.4 Å². The summed E-state index contributed by atoms with van der Waals surface area (Å²) in [5, 5.41) is 2.91. The van der Waals surface area contributed by atoms with Gasteiger partial charge in [0.05, 0.1) is 0 Å². The molecule has 1 aromatic carbocycles. The van der Waals surface area contributed by atoms with Gasteiger partial charge in [0.1, 0.15) is 5.54 Å². The third kappa shape index (κ3) is 4.43. The van der Waals surface area contributed by atoms with Crippen LogP contribution in [0.1, 0.15) is 39.2 Å². The predicted molar refractivity (Wildman–Crippen MR) is 88.0 cm³/mol. The fraction of sp³-hybridized carbons (Fsp3) is 0.562. The molecule has 0 bridgehead atoms. The average molecular weight is 313 g/mol. The van der Waals surface area contributed by atoms with Crippen LogP contribution in [0.5, 0.6) is 0 Å². The van der Waals surface area contributed by atoms with Crippen LogP contribution in [0.3, 0.4) is 0 Å². The lowest BCUT2D eigenvalue weighted by Crippen LogP contribution is -2.54. The van der Waals surface area contributed by atoms with E-state index in [1.54, 1.807) is 0 Å². The first-order valence-corrected chi connectivity index (χ1v) is 7.10. The van der Waals surface area contributed by atoms with Crippen LogP contribution in [0.2, 0.25) is 0 Å². The summed E-state index contributed by atoms with van der Waals surface area (Å²) in [5.74, 6) is -0.121. The molecule has 1 fully saturated rings. The van der Waals surface area contributed by atoms with Crippen molar-refractivity contribution in [2.24, 2.45) is 5.73 Å². The lowest BCUT2D eigenvalue weighted by molar-refractivity contribution is -0.124. The molecule has 1 aliphatic rings. The Morgan fingerprint density at radius 2 is 1.71 bits per heavy atom. The summed E-state index contributed by atoms with van der Waals surface area (Å²) in [6.45, 7) is 7.59. The van der Waals surface area contributed by atoms with E-state index in [0.29, 0.717) is 26.1 Å². The molecule has 1 saturated heterocycles. The highest BCUT2D eigenvalue weighted by atomic mass is 35.5. The molecule has 5 heteroatoms. The van der Waals surface area contributed by atoms with E-state index in [9.17, 15) is 4.79 Å². The molecule has 3 N–H and O–H groups in total. The molecule has 21 heavy (non-hydrogen) atoms. The third-order valence-corrected chi connectivity index (χ3v) is 3.85. The molecule has 1 heterocycles. The first-order valence-electron chi connectivity index (χ1n) is 7.10. The summed E-state index contributed by atoms with van der Waals surface area (Å²) in [6.07, 6.45) is 1.14. The van der Waals surface area contributed by atoms with Gasteiger partial charge in [-0.1, -0.05) is 32.9 Å². The van der Waals surface area contributed by atoms with E-state index in [0.717, 1.165) is 5.69 Å². The number of nitrogens with two attached hydrogens (primary N) is 1. The van der Waals surface area contributed by atoms with Gasteiger partial charge >= 0.3 is 0 Å². The largest absolute Gasteiger partial charge is 0.381 e. The minimum Gasteiger partial charge on any atom is -0.381 e. The molecule has 1 amide bonds. The Hall–Kier alpha value is -1.10. The van der Waals surface area contributed by atoms with Crippen LogP contribution >= 0.6 is 12.4 Å². The van der Waals surface area contributed by atoms with Crippen molar-refractivity contribution in [3.05, 3.63) is 29.8 Å². The fourth-order valence-corrected chi connectivity index (χ4v) is 2.27. The van der Waals surface area contributed by atoms with Crippen LogP contribution in [-0.2, 0) is 14.9 Å². The van der Waals surface area contributed by atoms with E-state index in [-0.39, 0.29) is 23.7 Å². The summed E-state index contributed by atoms with van der Waals surface area (Å²) >= 11 is 0. The standard InChI is InChI=1S/C16H24N2O2.ClH/c1-15(2,3)12-4-6-13(7-5-12)18-14(19)16(17)8-10-20-11-9-16;/h4-7H,8-11,17H2,1-3H3,(H,18,19);1H. The van der Waals surface area contributed by atoms with Gasteiger partial charge in [0.25, 0.3) is 0 Å². The van der Waals surface area contributed by atoms with Crippen LogP contribution in [-0.4, -0.2) is 24.7 Å². The van der Waals surface area contributed by atoms with Crippen molar-refractivity contribution < 1.29 is 9.53 Å². The van der Waals surface area contributed by atoms with Gasteiger partial charge in [-0.25, -0.2) is 0 Å². The molecule has 0 radical (unpaired) electrons. The number of nitrogens with one attached hydrogen (secondary N) is 1. The average Bonchev–Trinajstić information content (AvgIpc) is 2.39. The van der Waals surface area contributed by atoms with E-state index >= 15 is 0 Å². The molecule has 0 aromatic heterocycles. The molecule has 0 saturated carbocycles. The van der Waals surface area contributed by atoms with Crippen LogP contribution in [0.4, 0.5) is 5.69 Å². The first-order chi connectivity index (χ1) is 9.31. The van der Waals surface area contributed by atoms with Crippen molar-refractivity contribution in [2.45, 2.75) is 44.6 Å². The number of hydrogen-bond acceptors (Lipinski definition) is 3. The number of rotatable bonds is 2. The van der Waals surface area contributed by atoms with Gasteiger partial charge in [-0.3, -0.25) is 4.79 Å². The predicted octanol–water partition coefficient (Wildman–Crippen LogP) is 2.85. The van der Waals surface area contributed by atoms with Gasteiger partial charge in [0.2, 0.25) is 5.91 Å². The smallest absolute Gasteiger partial charge is 0.244 e. The maximum Gasteiger partial charge on any atom is 0.244 e. The van der Waals surface area contributed by atoms with Crippen LogP contribution < -0.4 is 11.1 Å². The number of carbonyl (C=O) groups is 1. The highest BCUT2D eigenvalue weighted by Crippen LogP contribution is 2.24. The molecular weight excluding hydrogens is 288 g/mol. The highest BCUT2D eigenvalue weighted by Gasteiger charge is 2.35. The minimum atomic E-state index is -0.805. The molecule has 0 atom stereocenters. The molecule has 2 rings (SSSR count). The van der Waals surface area contributed by atoms with Crippen molar-refractivity contribution in [1.29, 1.82) is 0 Å². The van der Waals surface area contributed by atoms with E-state index in [4.69, 9.17) is 10.5 Å². The Kier molecular flexibility index (Phi) is 5.79. The first kappa shape index (κ1) is 18.0. The Morgan fingerprint density at radius 1 is 1.19 bits per heavy atom. The number of benzene rings is 1. The second kappa shape index (κ2) is 6.77. The van der Waals surface area contributed by atoms with Crippen LogP contribution in [0.15, 0.2) is 24.3 Å². The minimum absolute atomic E-state index is 0. The van der Waals surface area contributed by atoms with Crippen LogP contribution in [0.25, 0.3) is 0 Å². The number of ether oxygens (including phenoxy) is 1. The summed E-state index contributed by atoms with van der Waals surface area (Å²) in [6, 6.07) is 7.95. The second-order valence-corrected chi connectivity index (χ2v) is 6.55. The van der Waals surface area contributed by atoms with Crippen molar-refractivity contribution in [3.8, 4) is 0 Å². The van der Waals surface area contributed by atoms with E-state index in [1.807, 2.05) is 24.3 Å². The number of amides is 1. The van der Waals surface area contributed by atoms with Gasteiger partial charge in [0.15, 0.2) is 0 Å². The SMILES string of the molecule is CC(C)(C)c1ccc(NC(=O)C2(N)CCOCC2)cc1.Cl. The zero-order chi connectivity index (χ0) is 14.8. The number of hydrogen-bond donors (Lipinski definition) is 2. The Bertz CT molecular complexity index is 474.